The van der Waals surface area contributed by atoms with Crippen molar-refractivity contribution in [2.24, 2.45) is 7.05 Å². The summed E-state index contributed by atoms with van der Waals surface area (Å²) >= 11 is 0. The fourth-order valence-corrected chi connectivity index (χ4v) is 1.74. The van der Waals surface area contributed by atoms with Crippen molar-refractivity contribution >= 4 is 0 Å². The molecule has 78 valence electrons. The van der Waals surface area contributed by atoms with Crippen LogP contribution in [0.2, 0.25) is 0 Å². The zero-order chi connectivity index (χ0) is 10.9. The summed E-state index contributed by atoms with van der Waals surface area (Å²) in [5.74, 6) is 0.808. The molecule has 0 radical (unpaired) electrons. The minimum absolute atomic E-state index is 0.183. The van der Waals surface area contributed by atoms with Crippen molar-refractivity contribution in [3.05, 3.63) is 23.1 Å². The molecular weight excluding hydrogens is 181 g/mol. The molecule has 0 atom stereocenters. The van der Waals surface area contributed by atoms with Crippen LogP contribution in [0.3, 0.4) is 0 Å². The van der Waals surface area contributed by atoms with Gasteiger partial charge in [0.05, 0.1) is 12.7 Å². The minimum Gasteiger partial charge on any atom is -0.447 e. The Labute approximate surface area is 84.3 Å². The first-order valence-electron chi connectivity index (χ1n) is 4.71. The van der Waals surface area contributed by atoms with E-state index in [4.69, 9.17) is 4.74 Å². The number of pyridine rings is 1. The van der Waals surface area contributed by atoms with Crippen LogP contribution >= 0.6 is 0 Å². The molecule has 0 unspecified atom stereocenters. The maximum atomic E-state index is 13.4. The van der Waals surface area contributed by atoms with Crippen LogP contribution in [0.15, 0.2) is 6.20 Å². The summed E-state index contributed by atoms with van der Waals surface area (Å²) in [5.41, 5.74) is 1.62. The molecule has 0 fully saturated rings. The highest BCUT2D eigenvalue weighted by Crippen LogP contribution is 2.27. The molecule has 0 saturated heterocycles. The maximum absolute atomic E-state index is 13.4. The highest BCUT2D eigenvalue weighted by molar-refractivity contribution is 5.33. The summed E-state index contributed by atoms with van der Waals surface area (Å²) in [4.78, 5) is 0. The van der Waals surface area contributed by atoms with E-state index in [1.807, 2.05) is 13.8 Å². The molecule has 3 heteroatoms. The highest BCUT2D eigenvalue weighted by Gasteiger charge is 2.23. The Morgan fingerprint density at radius 1 is 1.43 bits per heavy atom. The summed E-state index contributed by atoms with van der Waals surface area (Å²) in [6.07, 6.45) is 1.44. The van der Waals surface area contributed by atoms with E-state index < -0.39 is 0 Å². The molecule has 0 spiro atoms. The number of ether oxygens (including phenoxy) is 1. The van der Waals surface area contributed by atoms with Gasteiger partial charge in [0.15, 0.2) is 5.82 Å². The molecule has 1 heterocycles. The van der Waals surface area contributed by atoms with Crippen molar-refractivity contribution < 1.29 is 13.7 Å². The van der Waals surface area contributed by atoms with E-state index in [9.17, 15) is 4.39 Å². The number of hydrogen-bond acceptors (Lipinski definition) is 1. The lowest BCUT2D eigenvalue weighted by atomic mass is 9.99. The van der Waals surface area contributed by atoms with Gasteiger partial charge < -0.3 is 4.74 Å². The van der Waals surface area contributed by atoms with E-state index in [1.165, 1.54) is 6.20 Å². The summed E-state index contributed by atoms with van der Waals surface area (Å²) in [6, 6.07) is 0. The Bertz CT molecular complexity index is 348. The topological polar surface area (TPSA) is 13.1 Å². The Hall–Kier alpha value is -1.12. The summed E-state index contributed by atoms with van der Waals surface area (Å²) in [5, 5.41) is 0. The first-order valence-corrected chi connectivity index (χ1v) is 4.71. The molecule has 0 aliphatic heterocycles. The van der Waals surface area contributed by atoms with Gasteiger partial charge >= 0.3 is 5.88 Å². The van der Waals surface area contributed by atoms with Gasteiger partial charge in [-0.1, -0.05) is 13.8 Å². The largest absolute Gasteiger partial charge is 0.447 e. The molecule has 1 aromatic heterocycles. The van der Waals surface area contributed by atoms with Crippen LogP contribution in [-0.2, 0) is 7.05 Å². The van der Waals surface area contributed by atoms with Crippen LogP contribution in [0.4, 0.5) is 4.39 Å². The average molecular weight is 198 g/mol. The lowest BCUT2D eigenvalue weighted by Gasteiger charge is -2.11. The molecular formula is C11H17FNO+. The molecule has 1 rings (SSSR count). The molecule has 0 saturated carbocycles. The normalized spacial score (nSPS) is 10.8. The Kier molecular flexibility index (Phi) is 3.09. The van der Waals surface area contributed by atoms with Crippen LogP contribution in [0.5, 0.6) is 5.88 Å². The van der Waals surface area contributed by atoms with Crippen molar-refractivity contribution in [2.45, 2.75) is 26.7 Å². The van der Waals surface area contributed by atoms with Gasteiger partial charge in [0.25, 0.3) is 0 Å². The highest BCUT2D eigenvalue weighted by atomic mass is 19.1. The lowest BCUT2D eigenvalue weighted by Crippen LogP contribution is -2.32. The van der Waals surface area contributed by atoms with Crippen LogP contribution in [0, 0.1) is 12.7 Å². The number of halogens is 1. The van der Waals surface area contributed by atoms with E-state index in [-0.39, 0.29) is 11.7 Å². The fourth-order valence-electron chi connectivity index (χ4n) is 1.74. The van der Waals surface area contributed by atoms with Crippen molar-refractivity contribution in [3.8, 4) is 5.88 Å². The molecule has 0 N–H and O–H groups in total. The van der Waals surface area contributed by atoms with E-state index >= 15 is 0 Å². The van der Waals surface area contributed by atoms with Gasteiger partial charge in [-0.05, 0) is 12.8 Å². The zero-order valence-corrected chi connectivity index (χ0v) is 9.39. The number of rotatable bonds is 2. The standard InChI is InChI=1S/C11H17FNO/c1-7(2)10-8(3)9(12)6-13(4)11(10)14-5/h6-7H,1-5H3/q+1. The first kappa shape index (κ1) is 11.0. The second-order valence-electron chi connectivity index (χ2n) is 3.79. The third-order valence-electron chi connectivity index (χ3n) is 2.39. The van der Waals surface area contributed by atoms with E-state index in [0.29, 0.717) is 5.56 Å². The summed E-state index contributed by atoms with van der Waals surface area (Å²) in [7, 11) is 3.39. The van der Waals surface area contributed by atoms with E-state index in [1.54, 1.807) is 25.6 Å². The quantitative estimate of drug-likeness (QED) is 0.663. The van der Waals surface area contributed by atoms with Crippen molar-refractivity contribution in [3.63, 3.8) is 0 Å². The third kappa shape index (κ3) is 1.72. The molecule has 0 bridgehead atoms. The Balaban J connectivity index is 3.48. The van der Waals surface area contributed by atoms with E-state index in [2.05, 4.69) is 0 Å². The molecule has 0 amide bonds. The van der Waals surface area contributed by atoms with Crippen LogP contribution in [0.25, 0.3) is 0 Å². The average Bonchev–Trinajstić information content (AvgIpc) is 2.10. The van der Waals surface area contributed by atoms with Crippen molar-refractivity contribution in [1.82, 2.24) is 0 Å². The fraction of sp³-hybridized carbons (Fsp3) is 0.545. The van der Waals surface area contributed by atoms with Crippen molar-refractivity contribution in [2.75, 3.05) is 7.11 Å². The second-order valence-corrected chi connectivity index (χ2v) is 3.79. The van der Waals surface area contributed by atoms with Gasteiger partial charge in [-0.25, -0.2) is 4.39 Å². The first-order chi connectivity index (χ1) is 6.49. The van der Waals surface area contributed by atoms with Crippen LogP contribution < -0.4 is 9.30 Å². The smallest absolute Gasteiger partial charge is 0.371 e. The predicted octanol–water partition coefficient (Wildman–Crippen LogP) is 2.09. The SMILES string of the molecule is COc1c(C(C)C)c(C)c(F)c[n+]1C. The van der Waals surface area contributed by atoms with Crippen molar-refractivity contribution in [1.29, 1.82) is 0 Å². The van der Waals surface area contributed by atoms with Gasteiger partial charge in [0, 0.05) is 5.56 Å². The van der Waals surface area contributed by atoms with Gasteiger partial charge in [-0.3, -0.25) is 0 Å². The van der Waals surface area contributed by atoms with Gasteiger partial charge in [-0.15, -0.1) is 0 Å². The number of hydrogen-bond donors (Lipinski definition) is 0. The molecule has 0 aliphatic rings. The molecule has 1 aromatic rings. The van der Waals surface area contributed by atoms with Crippen LogP contribution in [-0.4, -0.2) is 7.11 Å². The van der Waals surface area contributed by atoms with Gasteiger partial charge in [0.1, 0.15) is 7.05 Å². The number of methoxy groups -OCH3 is 1. The Morgan fingerprint density at radius 3 is 2.43 bits per heavy atom. The number of aromatic nitrogens is 1. The molecule has 0 aliphatic carbocycles. The number of nitrogens with zero attached hydrogens (tertiary/aromatic N) is 1. The molecule has 0 aromatic carbocycles. The Morgan fingerprint density at radius 2 is 2.00 bits per heavy atom. The third-order valence-corrected chi connectivity index (χ3v) is 2.39. The predicted molar refractivity (Wildman–Crippen MR) is 53.0 cm³/mol. The zero-order valence-electron chi connectivity index (χ0n) is 9.39. The second kappa shape index (κ2) is 3.95. The number of aryl methyl sites for hydroxylation is 1. The van der Waals surface area contributed by atoms with E-state index in [0.717, 1.165) is 11.4 Å². The summed E-state index contributed by atoms with van der Waals surface area (Å²) in [6.45, 7) is 5.85. The van der Waals surface area contributed by atoms with Gasteiger partial charge in [-0.2, -0.15) is 4.57 Å². The maximum Gasteiger partial charge on any atom is 0.371 e. The van der Waals surface area contributed by atoms with Gasteiger partial charge in [0.2, 0.25) is 6.20 Å². The van der Waals surface area contributed by atoms with Crippen LogP contribution in [0.1, 0.15) is 30.9 Å². The minimum atomic E-state index is -0.183. The monoisotopic (exact) mass is 198 g/mol. The summed E-state index contributed by atoms with van der Waals surface area (Å²) < 4.78 is 20.4. The molecule has 2 nitrogen and oxygen atoms in total. The lowest BCUT2D eigenvalue weighted by molar-refractivity contribution is -0.678. The molecule has 14 heavy (non-hydrogen) atoms.